The van der Waals surface area contributed by atoms with Gasteiger partial charge in [0, 0.05) is 5.92 Å². The second kappa shape index (κ2) is 4.18. The average Bonchev–Trinajstić information content (AvgIpc) is 2.32. The normalized spacial score (nSPS) is 22.8. The van der Waals surface area contributed by atoms with E-state index in [4.69, 9.17) is 9.47 Å². The van der Waals surface area contributed by atoms with E-state index in [0.29, 0.717) is 11.5 Å². The molecule has 16 heavy (non-hydrogen) atoms. The van der Waals surface area contributed by atoms with Crippen LogP contribution in [-0.2, 0) is 0 Å². The lowest BCUT2D eigenvalue weighted by Gasteiger charge is -2.24. The molecule has 1 N–H and O–H groups in total. The van der Waals surface area contributed by atoms with E-state index in [0.717, 1.165) is 11.1 Å². The SMILES string of the molecule is COc1cc2c(cc1OC)[C@H](O)[C@H](C)C=C2. The molecule has 0 saturated heterocycles. The van der Waals surface area contributed by atoms with E-state index in [1.54, 1.807) is 14.2 Å². The summed E-state index contributed by atoms with van der Waals surface area (Å²) in [6.07, 6.45) is 3.54. The quantitative estimate of drug-likeness (QED) is 0.831. The van der Waals surface area contributed by atoms with Gasteiger partial charge in [-0.2, -0.15) is 0 Å². The van der Waals surface area contributed by atoms with E-state index in [1.165, 1.54) is 0 Å². The van der Waals surface area contributed by atoms with Crippen LogP contribution in [0.3, 0.4) is 0 Å². The lowest BCUT2D eigenvalue weighted by atomic mass is 9.87. The van der Waals surface area contributed by atoms with Crippen molar-refractivity contribution in [3.63, 3.8) is 0 Å². The van der Waals surface area contributed by atoms with Gasteiger partial charge in [-0.05, 0) is 23.3 Å². The molecule has 1 aliphatic carbocycles. The Hall–Kier alpha value is -1.48. The molecule has 0 bridgehead atoms. The summed E-state index contributed by atoms with van der Waals surface area (Å²) in [6.45, 7) is 1.99. The van der Waals surface area contributed by atoms with Crippen LogP contribution in [0.4, 0.5) is 0 Å². The number of hydrogen-bond donors (Lipinski definition) is 1. The molecule has 0 heterocycles. The first-order chi connectivity index (χ1) is 7.67. The minimum absolute atomic E-state index is 0.130. The fourth-order valence-electron chi connectivity index (χ4n) is 1.95. The lowest BCUT2D eigenvalue weighted by molar-refractivity contribution is 0.137. The maximum absolute atomic E-state index is 10.1. The van der Waals surface area contributed by atoms with E-state index < -0.39 is 6.10 Å². The molecule has 0 unspecified atom stereocenters. The number of fused-ring (bicyclic) bond motifs is 1. The molecule has 0 radical (unpaired) electrons. The average molecular weight is 220 g/mol. The van der Waals surface area contributed by atoms with Crippen LogP contribution >= 0.6 is 0 Å². The van der Waals surface area contributed by atoms with Crippen molar-refractivity contribution >= 4 is 6.08 Å². The lowest BCUT2D eigenvalue weighted by Crippen LogP contribution is -2.12. The zero-order valence-electron chi connectivity index (χ0n) is 9.73. The summed E-state index contributed by atoms with van der Waals surface area (Å²) in [6, 6.07) is 3.73. The van der Waals surface area contributed by atoms with Crippen LogP contribution in [0.1, 0.15) is 24.2 Å². The van der Waals surface area contributed by atoms with Crippen molar-refractivity contribution in [2.75, 3.05) is 14.2 Å². The Morgan fingerprint density at radius 2 is 1.75 bits per heavy atom. The summed E-state index contributed by atoms with van der Waals surface area (Å²) in [7, 11) is 3.20. The minimum atomic E-state index is -0.472. The predicted molar refractivity (Wildman–Crippen MR) is 62.7 cm³/mol. The number of hydrogen-bond acceptors (Lipinski definition) is 3. The van der Waals surface area contributed by atoms with Crippen molar-refractivity contribution in [2.45, 2.75) is 13.0 Å². The molecule has 0 spiro atoms. The van der Waals surface area contributed by atoms with Gasteiger partial charge in [-0.3, -0.25) is 0 Å². The van der Waals surface area contributed by atoms with Crippen molar-refractivity contribution in [3.05, 3.63) is 29.3 Å². The third kappa shape index (κ3) is 1.67. The molecule has 3 nitrogen and oxygen atoms in total. The van der Waals surface area contributed by atoms with Crippen LogP contribution in [0, 0.1) is 5.92 Å². The molecular weight excluding hydrogens is 204 g/mol. The summed E-state index contributed by atoms with van der Waals surface area (Å²) in [5, 5.41) is 10.1. The Kier molecular flexibility index (Phi) is 2.88. The molecular formula is C13H16O3. The van der Waals surface area contributed by atoms with Gasteiger partial charge in [0.1, 0.15) is 0 Å². The van der Waals surface area contributed by atoms with Gasteiger partial charge in [0.25, 0.3) is 0 Å². The summed E-state index contributed by atoms with van der Waals surface area (Å²) in [5.74, 6) is 1.47. The molecule has 3 heteroatoms. The Bertz CT molecular complexity index is 423. The monoisotopic (exact) mass is 220 g/mol. The highest BCUT2D eigenvalue weighted by Crippen LogP contribution is 2.38. The Morgan fingerprint density at radius 1 is 1.12 bits per heavy atom. The van der Waals surface area contributed by atoms with Crippen LogP contribution in [-0.4, -0.2) is 19.3 Å². The van der Waals surface area contributed by atoms with Gasteiger partial charge in [0.05, 0.1) is 20.3 Å². The molecule has 1 aromatic rings. The molecule has 1 aliphatic rings. The van der Waals surface area contributed by atoms with Gasteiger partial charge < -0.3 is 14.6 Å². The van der Waals surface area contributed by atoms with Gasteiger partial charge >= 0.3 is 0 Å². The summed E-state index contributed by atoms with van der Waals surface area (Å²) >= 11 is 0. The van der Waals surface area contributed by atoms with Gasteiger partial charge in [0.2, 0.25) is 0 Å². The Labute approximate surface area is 95.3 Å². The fraction of sp³-hybridized carbons (Fsp3) is 0.385. The van der Waals surface area contributed by atoms with Crippen LogP contribution in [0.15, 0.2) is 18.2 Å². The van der Waals surface area contributed by atoms with Crippen LogP contribution in [0.25, 0.3) is 6.08 Å². The zero-order chi connectivity index (χ0) is 11.7. The molecule has 1 aromatic carbocycles. The number of aliphatic hydroxyl groups is 1. The Morgan fingerprint density at radius 3 is 2.38 bits per heavy atom. The topological polar surface area (TPSA) is 38.7 Å². The number of aliphatic hydroxyl groups excluding tert-OH is 1. The van der Waals surface area contributed by atoms with Gasteiger partial charge in [-0.25, -0.2) is 0 Å². The maximum atomic E-state index is 10.1. The molecule has 86 valence electrons. The molecule has 2 atom stereocenters. The summed E-state index contributed by atoms with van der Waals surface area (Å²) in [5.41, 5.74) is 1.89. The predicted octanol–water partition coefficient (Wildman–Crippen LogP) is 2.40. The van der Waals surface area contributed by atoms with Crippen LogP contribution < -0.4 is 9.47 Å². The highest BCUT2D eigenvalue weighted by atomic mass is 16.5. The number of ether oxygens (including phenoxy) is 2. The first kappa shape index (κ1) is 11.0. The second-order valence-corrected chi connectivity index (χ2v) is 4.00. The first-order valence-electron chi connectivity index (χ1n) is 5.29. The van der Waals surface area contributed by atoms with E-state index in [-0.39, 0.29) is 5.92 Å². The number of rotatable bonds is 2. The van der Waals surface area contributed by atoms with Crippen molar-refractivity contribution in [1.82, 2.24) is 0 Å². The third-order valence-corrected chi connectivity index (χ3v) is 2.99. The standard InChI is InChI=1S/C13H16O3/c1-8-4-5-9-6-11(15-2)12(16-3)7-10(9)13(8)14/h4-8,13-14H,1-3H3/t8-,13-/m1/s1. The number of benzene rings is 1. The second-order valence-electron chi connectivity index (χ2n) is 4.00. The summed E-state index contributed by atoms with van der Waals surface area (Å²) < 4.78 is 10.4. The van der Waals surface area contributed by atoms with Crippen molar-refractivity contribution in [2.24, 2.45) is 5.92 Å². The van der Waals surface area contributed by atoms with Crippen molar-refractivity contribution < 1.29 is 14.6 Å². The highest BCUT2D eigenvalue weighted by Gasteiger charge is 2.22. The number of methoxy groups -OCH3 is 2. The van der Waals surface area contributed by atoms with Gasteiger partial charge in [-0.1, -0.05) is 19.1 Å². The largest absolute Gasteiger partial charge is 0.493 e. The van der Waals surface area contributed by atoms with Crippen LogP contribution in [0.5, 0.6) is 11.5 Å². The molecule has 0 saturated carbocycles. The van der Waals surface area contributed by atoms with Crippen molar-refractivity contribution in [1.29, 1.82) is 0 Å². The molecule has 2 rings (SSSR count). The molecule has 0 amide bonds. The zero-order valence-corrected chi connectivity index (χ0v) is 9.73. The van der Waals surface area contributed by atoms with E-state index in [2.05, 4.69) is 0 Å². The smallest absolute Gasteiger partial charge is 0.161 e. The van der Waals surface area contributed by atoms with Crippen LogP contribution in [0.2, 0.25) is 0 Å². The minimum Gasteiger partial charge on any atom is -0.493 e. The maximum Gasteiger partial charge on any atom is 0.161 e. The van der Waals surface area contributed by atoms with Gasteiger partial charge in [0.15, 0.2) is 11.5 Å². The third-order valence-electron chi connectivity index (χ3n) is 2.99. The molecule has 0 aliphatic heterocycles. The van der Waals surface area contributed by atoms with E-state index in [9.17, 15) is 5.11 Å². The first-order valence-corrected chi connectivity index (χ1v) is 5.29. The van der Waals surface area contributed by atoms with E-state index >= 15 is 0 Å². The van der Waals surface area contributed by atoms with E-state index in [1.807, 2.05) is 31.2 Å². The van der Waals surface area contributed by atoms with Gasteiger partial charge in [-0.15, -0.1) is 0 Å². The Balaban J connectivity index is 2.54. The molecule has 0 fully saturated rings. The fourth-order valence-corrected chi connectivity index (χ4v) is 1.95. The highest BCUT2D eigenvalue weighted by molar-refractivity contribution is 5.63. The molecule has 0 aromatic heterocycles. The van der Waals surface area contributed by atoms with Crippen molar-refractivity contribution in [3.8, 4) is 11.5 Å². The summed E-state index contributed by atoms with van der Waals surface area (Å²) in [4.78, 5) is 0.